The van der Waals surface area contributed by atoms with Crippen molar-refractivity contribution in [2.45, 2.75) is 51.6 Å². The molecule has 2 unspecified atom stereocenters. The Balaban J connectivity index is 2.16. The van der Waals surface area contributed by atoms with Gasteiger partial charge in [-0.1, -0.05) is 0 Å². The van der Waals surface area contributed by atoms with Crippen LogP contribution in [-0.4, -0.2) is 52.8 Å². The number of likely N-dealkylation sites (tertiary alicyclic amines) is 1. The molecule has 1 saturated heterocycles. The Morgan fingerprint density at radius 3 is 2.76 bits per heavy atom. The Labute approximate surface area is 109 Å². The highest BCUT2D eigenvalue weighted by molar-refractivity contribution is 7.84. The lowest BCUT2D eigenvalue weighted by molar-refractivity contribution is 0.229. The normalized spacial score (nSPS) is 24.8. The third-order valence-electron chi connectivity index (χ3n) is 3.53. The van der Waals surface area contributed by atoms with Crippen LogP contribution in [0.3, 0.4) is 0 Å². The van der Waals surface area contributed by atoms with Crippen molar-refractivity contribution in [1.82, 2.24) is 10.2 Å². The third kappa shape index (κ3) is 6.53. The van der Waals surface area contributed by atoms with Gasteiger partial charge in [-0.2, -0.15) is 0 Å². The fourth-order valence-corrected chi connectivity index (χ4v) is 2.97. The van der Waals surface area contributed by atoms with Crippen LogP contribution < -0.4 is 5.32 Å². The second-order valence-electron chi connectivity index (χ2n) is 5.34. The van der Waals surface area contributed by atoms with Gasteiger partial charge in [0.2, 0.25) is 0 Å². The van der Waals surface area contributed by atoms with Crippen LogP contribution in [0.15, 0.2) is 0 Å². The molecule has 1 heterocycles. The molecule has 0 aromatic heterocycles. The standard InChI is InChI=1S/C13H28N2OS/c1-12(2)15-9-4-6-13(7-10-15)14-8-5-11-17(3)16/h12-14H,4-11H2,1-3H3. The molecule has 1 fully saturated rings. The summed E-state index contributed by atoms with van der Waals surface area (Å²) in [5.74, 6) is 0.831. The quantitative estimate of drug-likeness (QED) is 0.736. The van der Waals surface area contributed by atoms with Gasteiger partial charge < -0.3 is 10.2 Å². The summed E-state index contributed by atoms with van der Waals surface area (Å²) in [6.45, 7) is 8.05. The lowest BCUT2D eigenvalue weighted by Gasteiger charge is -2.24. The van der Waals surface area contributed by atoms with Gasteiger partial charge >= 0.3 is 0 Å². The Bertz CT molecular complexity index is 233. The molecule has 0 spiro atoms. The molecular weight excluding hydrogens is 232 g/mol. The Hall–Kier alpha value is 0.0700. The minimum Gasteiger partial charge on any atom is -0.314 e. The summed E-state index contributed by atoms with van der Waals surface area (Å²) in [6.07, 6.45) is 6.67. The summed E-state index contributed by atoms with van der Waals surface area (Å²) in [7, 11) is -0.636. The minimum absolute atomic E-state index is 0.636. The van der Waals surface area contributed by atoms with Crippen LogP contribution in [0.4, 0.5) is 0 Å². The molecule has 0 aliphatic carbocycles. The maximum absolute atomic E-state index is 10.9. The second-order valence-corrected chi connectivity index (χ2v) is 6.90. The number of hydrogen-bond acceptors (Lipinski definition) is 3. The van der Waals surface area contributed by atoms with Crippen molar-refractivity contribution in [3.05, 3.63) is 0 Å². The zero-order valence-electron chi connectivity index (χ0n) is 11.6. The summed E-state index contributed by atoms with van der Waals surface area (Å²) in [6, 6.07) is 1.35. The van der Waals surface area contributed by atoms with E-state index < -0.39 is 10.8 Å². The van der Waals surface area contributed by atoms with Gasteiger partial charge in [-0.25, -0.2) is 0 Å². The van der Waals surface area contributed by atoms with E-state index in [2.05, 4.69) is 24.1 Å². The van der Waals surface area contributed by atoms with E-state index in [9.17, 15) is 4.21 Å². The van der Waals surface area contributed by atoms with Crippen LogP contribution >= 0.6 is 0 Å². The first-order chi connectivity index (χ1) is 8.09. The van der Waals surface area contributed by atoms with Crippen LogP contribution in [0.25, 0.3) is 0 Å². The summed E-state index contributed by atoms with van der Waals surface area (Å²) < 4.78 is 10.9. The zero-order chi connectivity index (χ0) is 12.7. The smallest absolute Gasteiger partial charge is 0.0244 e. The minimum atomic E-state index is -0.636. The van der Waals surface area contributed by atoms with Crippen LogP contribution in [0.5, 0.6) is 0 Å². The molecule has 1 N–H and O–H groups in total. The topological polar surface area (TPSA) is 32.3 Å². The first kappa shape index (κ1) is 15.1. The lowest BCUT2D eigenvalue weighted by Crippen LogP contribution is -2.34. The van der Waals surface area contributed by atoms with Crippen molar-refractivity contribution in [2.24, 2.45) is 0 Å². The van der Waals surface area contributed by atoms with Crippen LogP contribution in [0, 0.1) is 0 Å². The predicted octanol–water partition coefficient (Wildman–Crippen LogP) is 1.61. The van der Waals surface area contributed by atoms with Gasteiger partial charge in [0.1, 0.15) is 0 Å². The predicted molar refractivity (Wildman–Crippen MR) is 75.9 cm³/mol. The van der Waals surface area contributed by atoms with Crippen LogP contribution in [0.2, 0.25) is 0 Å². The maximum Gasteiger partial charge on any atom is 0.0244 e. The summed E-state index contributed by atoms with van der Waals surface area (Å²) in [4.78, 5) is 2.57. The molecule has 4 heteroatoms. The van der Waals surface area contributed by atoms with Crippen LogP contribution in [-0.2, 0) is 10.8 Å². The average Bonchev–Trinajstić information content (AvgIpc) is 2.49. The van der Waals surface area contributed by atoms with Gasteiger partial charge in [0.15, 0.2) is 0 Å². The fourth-order valence-electron chi connectivity index (χ4n) is 2.42. The molecule has 0 radical (unpaired) electrons. The van der Waals surface area contributed by atoms with E-state index in [-0.39, 0.29) is 0 Å². The Morgan fingerprint density at radius 2 is 2.12 bits per heavy atom. The van der Waals surface area contributed by atoms with Gasteiger partial charge in [0, 0.05) is 34.9 Å². The average molecular weight is 260 g/mol. The molecule has 1 aliphatic rings. The van der Waals surface area contributed by atoms with Gasteiger partial charge in [-0.05, 0) is 59.2 Å². The Kier molecular flexibility index (Phi) is 7.32. The highest BCUT2D eigenvalue weighted by atomic mass is 32.2. The van der Waals surface area contributed by atoms with Gasteiger partial charge in [0.25, 0.3) is 0 Å². The van der Waals surface area contributed by atoms with Crippen molar-refractivity contribution in [3.63, 3.8) is 0 Å². The largest absolute Gasteiger partial charge is 0.314 e. The molecule has 1 rings (SSSR count). The molecule has 0 aromatic rings. The molecule has 3 nitrogen and oxygen atoms in total. The van der Waals surface area contributed by atoms with E-state index in [1.165, 1.54) is 32.4 Å². The third-order valence-corrected chi connectivity index (χ3v) is 4.40. The SMILES string of the molecule is CC(C)N1CCCC(NCCCS(C)=O)CC1. The molecule has 1 aliphatic heterocycles. The first-order valence-corrected chi connectivity index (χ1v) is 8.59. The summed E-state index contributed by atoms with van der Waals surface area (Å²) >= 11 is 0. The zero-order valence-corrected chi connectivity index (χ0v) is 12.4. The molecule has 0 saturated carbocycles. The van der Waals surface area contributed by atoms with Crippen molar-refractivity contribution in [3.8, 4) is 0 Å². The number of nitrogens with one attached hydrogen (secondary N) is 1. The fraction of sp³-hybridized carbons (Fsp3) is 1.00. The molecular formula is C13H28N2OS. The molecule has 0 amide bonds. The van der Waals surface area contributed by atoms with Gasteiger partial charge in [-0.15, -0.1) is 0 Å². The molecule has 2 atom stereocenters. The van der Waals surface area contributed by atoms with E-state index in [0.29, 0.717) is 12.1 Å². The van der Waals surface area contributed by atoms with E-state index in [0.717, 1.165) is 18.7 Å². The van der Waals surface area contributed by atoms with E-state index in [4.69, 9.17) is 0 Å². The monoisotopic (exact) mass is 260 g/mol. The summed E-state index contributed by atoms with van der Waals surface area (Å²) in [5, 5.41) is 3.62. The van der Waals surface area contributed by atoms with E-state index in [1.807, 2.05) is 0 Å². The van der Waals surface area contributed by atoms with Crippen molar-refractivity contribution in [2.75, 3.05) is 31.6 Å². The summed E-state index contributed by atoms with van der Waals surface area (Å²) in [5.41, 5.74) is 0. The highest BCUT2D eigenvalue weighted by Crippen LogP contribution is 2.13. The second kappa shape index (κ2) is 8.22. The van der Waals surface area contributed by atoms with Gasteiger partial charge in [-0.3, -0.25) is 4.21 Å². The van der Waals surface area contributed by atoms with Crippen LogP contribution in [0.1, 0.15) is 39.5 Å². The highest BCUT2D eigenvalue weighted by Gasteiger charge is 2.17. The Morgan fingerprint density at radius 1 is 1.35 bits per heavy atom. The number of hydrogen-bond donors (Lipinski definition) is 1. The van der Waals surface area contributed by atoms with Crippen molar-refractivity contribution >= 4 is 10.8 Å². The molecule has 102 valence electrons. The molecule has 0 aromatic carbocycles. The van der Waals surface area contributed by atoms with E-state index in [1.54, 1.807) is 6.26 Å². The van der Waals surface area contributed by atoms with Crippen molar-refractivity contribution in [1.29, 1.82) is 0 Å². The number of rotatable bonds is 6. The maximum atomic E-state index is 10.9. The number of nitrogens with zero attached hydrogens (tertiary/aromatic N) is 1. The molecule has 0 bridgehead atoms. The van der Waals surface area contributed by atoms with E-state index >= 15 is 0 Å². The van der Waals surface area contributed by atoms with Crippen molar-refractivity contribution < 1.29 is 4.21 Å². The first-order valence-electron chi connectivity index (χ1n) is 6.87. The molecule has 17 heavy (non-hydrogen) atoms. The van der Waals surface area contributed by atoms with Gasteiger partial charge in [0.05, 0.1) is 0 Å². The lowest BCUT2D eigenvalue weighted by atomic mass is 10.1.